The van der Waals surface area contributed by atoms with Crippen LogP contribution in [-0.2, 0) is 4.79 Å². The standard InChI is InChI=1S/C13H15N3O2/c1-9(2-5-13(17)18)16-10-3-4-11-12(8-10)15-7-6-14-11/h3-4,6-9,16H,2,5H2,1H3,(H,17,18). The highest BCUT2D eigenvalue weighted by Gasteiger charge is 2.06. The fourth-order valence-electron chi connectivity index (χ4n) is 1.75. The van der Waals surface area contributed by atoms with Crippen LogP contribution in [0.15, 0.2) is 30.6 Å². The van der Waals surface area contributed by atoms with Crippen molar-refractivity contribution in [2.75, 3.05) is 5.32 Å². The zero-order valence-electron chi connectivity index (χ0n) is 10.1. The number of carboxylic acids is 1. The monoisotopic (exact) mass is 245 g/mol. The molecule has 1 aromatic heterocycles. The Labute approximate surface area is 105 Å². The molecule has 1 aromatic carbocycles. The van der Waals surface area contributed by atoms with Crippen LogP contribution in [0.5, 0.6) is 0 Å². The largest absolute Gasteiger partial charge is 0.481 e. The lowest BCUT2D eigenvalue weighted by molar-refractivity contribution is -0.137. The maximum absolute atomic E-state index is 10.5. The van der Waals surface area contributed by atoms with Crippen LogP contribution >= 0.6 is 0 Å². The SMILES string of the molecule is CC(CCC(=O)O)Nc1ccc2nccnc2c1. The number of nitrogens with one attached hydrogen (secondary N) is 1. The second-order valence-corrected chi connectivity index (χ2v) is 4.24. The number of hydrogen-bond acceptors (Lipinski definition) is 4. The number of nitrogens with zero attached hydrogens (tertiary/aromatic N) is 2. The Morgan fingerprint density at radius 2 is 2.06 bits per heavy atom. The molecular weight excluding hydrogens is 230 g/mol. The fourth-order valence-corrected chi connectivity index (χ4v) is 1.75. The van der Waals surface area contributed by atoms with Crippen LogP contribution in [0.25, 0.3) is 11.0 Å². The van der Waals surface area contributed by atoms with Crippen LogP contribution < -0.4 is 5.32 Å². The molecule has 1 atom stereocenters. The van der Waals surface area contributed by atoms with Crippen LogP contribution in [-0.4, -0.2) is 27.1 Å². The summed E-state index contributed by atoms with van der Waals surface area (Å²) in [6, 6.07) is 5.85. The first-order chi connectivity index (χ1) is 8.65. The Morgan fingerprint density at radius 1 is 1.33 bits per heavy atom. The maximum atomic E-state index is 10.5. The highest BCUT2D eigenvalue weighted by molar-refractivity contribution is 5.78. The Hall–Kier alpha value is -2.17. The zero-order valence-corrected chi connectivity index (χ0v) is 10.1. The van der Waals surface area contributed by atoms with Gasteiger partial charge >= 0.3 is 5.97 Å². The molecule has 2 aromatic rings. The maximum Gasteiger partial charge on any atom is 0.303 e. The van der Waals surface area contributed by atoms with Gasteiger partial charge in [0.2, 0.25) is 0 Å². The van der Waals surface area contributed by atoms with Crippen molar-refractivity contribution in [1.29, 1.82) is 0 Å². The van der Waals surface area contributed by atoms with Gasteiger partial charge in [0.1, 0.15) is 0 Å². The molecule has 0 radical (unpaired) electrons. The van der Waals surface area contributed by atoms with Gasteiger partial charge < -0.3 is 10.4 Å². The Kier molecular flexibility index (Phi) is 3.72. The summed E-state index contributed by atoms with van der Waals surface area (Å²) in [5, 5.41) is 11.9. The average molecular weight is 245 g/mol. The third-order valence-electron chi connectivity index (χ3n) is 2.67. The van der Waals surface area contributed by atoms with Gasteiger partial charge in [-0.25, -0.2) is 0 Å². The van der Waals surface area contributed by atoms with Crippen molar-refractivity contribution in [3.8, 4) is 0 Å². The molecule has 0 fully saturated rings. The fraction of sp³-hybridized carbons (Fsp3) is 0.308. The van der Waals surface area contributed by atoms with E-state index >= 15 is 0 Å². The minimum Gasteiger partial charge on any atom is -0.481 e. The topological polar surface area (TPSA) is 75.1 Å². The molecule has 0 saturated carbocycles. The molecule has 18 heavy (non-hydrogen) atoms. The van der Waals surface area contributed by atoms with E-state index in [9.17, 15) is 4.79 Å². The molecule has 0 spiro atoms. The molecule has 2 N–H and O–H groups in total. The van der Waals surface area contributed by atoms with Gasteiger partial charge in [0, 0.05) is 30.5 Å². The van der Waals surface area contributed by atoms with Crippen molar-refractivity contribution < 1.29 is 9.90 Å². The number of anilines is 1. The Balaban J connectivity index is 2.05. The summed E-state index contributed by atoms with van der Waals surface area (Å²) in [5.41, 5.74) is 2.61. The van der Waals surface area contributed by atoms with Gasteiger partial charge in [-0.3, -0.25) is 14.8 Å². The molecule has 5 nitrogen and oxygen atoms in total. The van der Waals surface area contributed by atoms with E-state index in [2.05, 4.69) is 15.3 Å². The average Bonchev–Trinajstić information content (AvgIpc) is 2.36. The lowest BCUT2D eigenvalue weighted by atomic mass is 10.1. The predicted molar refractivity (Wildman–Crippen MR) is 69.5 cm³/mol. The molecule has 1 heterocycles. The van der Waals surface area contributed by atoms with E-state index < -0.39 is 5.97 Å². The Bertz CT molecular complexity index is 557. The lowest BCUT2D eigenvalue weighted by Crippen LogP contribution is -2.16. The zero-order chi connectivity index (χ0) is 13.0. The van der Waals surface area contributed by atoms with Crippen molar-refractivity contribution in [2.45, 2.75) is 25.8 Å². The van der Waals surface area contributed by atoms with E-state index in [0.29, 0.717) is 6.42 Å². The van der Waals surface area contributed by atoms with E-state index in [1.54, 1.807) is 12.4 Å². The molecule has 0 aliphatic heterocycles. The molecule has 1 unspecified atom stereocenters. The molecule has 2 rings (SSSR count). The molecule has 0 aliphatic carbocycles. The van der Waals surface area contributed by atoms with Crippen molar-refractivity contribution >= 4 is 22.7 Å². The minimum atomic E-state index is -0.770. The van der Waals surface area contributed by atoms with Crippen LogP contribution in [0, 0.1) is 0 Å². The van der Waals surface area contributed by atoms with Crippen LogP contribution in [0.3, 0.4) is 0 Å². The van der Waals surface area contributed by atoms with E-state index in [4.69, 9.17) is 5.11 Å². The lowest BCUT2D eigenvalue weighted by Gasteiger charge is -2.14. The van der Waals surface area contributed by atoms with Crippen LogP contribution in [0.1, 0.15) is 19.8 Å². The normalized spacial score (nSPS) is 12.3. The van der Waals surface area contributed by atoms with Gasteiger partial charge in [-0.1, -0.05) is 0 Å². The summed E-state index contributed by atoms with van der Waals surface area (Å²) in [7, 11) is 0. The van der Waals surface area contributed by atoms with Gasteiger partial charge in [0.25, 0.3) is 0 Å². The van der Waals surface area contributed by atoms with Crippen molar-refractivity contribution in [2.24, 2.45) is 0 Å². The minimum absolute atomic E-state index is 0.107. The van der Waals surface area contributed by atoms with E-state index in [1.165, 1.54) is 0 Å². The van der Waals surface area contributed by atoms with Gasteiger partial charge in [-0.2, -0.15) is 0 Å². The predicted octanol–water partition coefficient (Wildman–Crippen LogP) is 2.29. The highest BCUT2D eigenvalue weighted by Crippen LogP contribution is 2.16. The third kappa shape index (κ3) is 3.16. The molecule has 0 bridgehead atoms. The molecule has 0 saturated heterocycles. The number of carbonyl (C=O) groups is 1. The molecule has 0 aliphatic rings. The van der Waals surface area contributed by atoms with Crippen LogP contribution in [0.4, 0.5) is 5.69 Å². The molecular formula is C13H15N3O2. The van der Waals surface area contributed by atoms with Gasteiger partial charge in [-0.15, -0.1) is 0 Å². The summed E-state index contributed by atoms with van der Waals surface area (Å²) < 4.78 is 0. The number of benzene rings is 1. The number of hydrogen-bond donors (Lipinski definition) is 2. The smallest absolute Gasteiger partial charge is 0.303 e. The van der Waals surface area contributed by atoms with E-state index in [1.807, 2.05) is 25.1 Å². The summed E-state index contributed by atoms with van der Waals surface area (Å²) in [5.74, 6) is -0.770. The third-order valence-corrected chi connectivity index (χ3v) is 2.67. The summed E-state index contributed by atoms with van der Waals surface area (Å²) in [4.78, 5) is 18.9. The molecule has 94 valence electrons. The first kappa shape index (κ1) is 12.3. The van der Waals surface area contributed by atoms with Crippen LogP contribution in [0.2, 0.25) is 0 Å². The summed E-state index contributed by atoms with van der Waals surface area (Å²) in [6.45, 7) is 1.96. The number of carboxylic acid groups (broad SMARTS) is 1. The van der Waals surface area contributed by atoms with Gasteiger partial charge in [0.15, 0.2) is 0 Å². The number of rotatable bonds is 5. The highest BCUT2D eigenvalue weighted by atomic mass is 16.4. The van der Waals surface area contributed by atoms with Crippen molar-refractivity contribution in [1.82, 2.24) is 9.97 Å². The number of aromatic nitrogens is 2. The summed E-state index contributed by atoms with van der Waals surface area (Å²) >= 11 is 0. The van der Waals surface area contributed by atoms with Crippen molar-refractivity contribution in [3.05, 3.63) is 30.6 Å². The van der Waals surface area contributed by atoms with E-state index in [-0.39, 0.29) is 12.5 Å². The molecule has 5 heteroatoms. The van der Waals surface area contributed by atoms with Crippen molar-refractivity contribution in [3.63, 3.8) is 0 Å². The second kappa shape index (κ2) is 5.44. The number of fused-ring (bicyclic) bond motifs is 1. The van der Waals surface area contributed by atoms with Gasteiger partial charge in [0.05, 0.1) is 11.0 Å². The first-order valence-corrected chi connectivity index (χ1v) is 5.84. The van der Waals surface area contributed by atoms with Gasteiger partial charge in [-0.05, 0) is 31.5 Å². The number of aliphatic carboxylic acids is 1. The quantitative estimate of drug-likeness (QED) is 0.845. The molecule has 0 amide bonds. The van der Waals surface area contributed by atoms with E-state index in [0.717, 1.165) is 16.7 Å². The second-order valence-electron chi connectivity index (χ2n) is 4.24. The Morgan fingerprint density at radius 3 is 2.78 bits per heavy atom. The summed E-state index contributed by atoms with van der Waals surface area (Å²) in [6.07, 6.45) is 4.07. The first-order valence-electron chi connectivity index (χ1n) is 5.84.